The van der Waals surface area contributed by atoms with Crippen molar-refractivity contribution in [2.75, 3.05) is 21.3 Å². The summed E-state index contributed by atoms with van der Waals surface area (Å²) in [6.07, 6.45) is 0.772. The van der Waals surface area contributed by atoms with Crippen LogP contribution < -0.4 is 15.5 Å². The van der Waals surface area contributed by atoms with Crippen LogP contribution in [-0.2, 0) is 17.8 Å². The van der Waals surface area contributed by atoms with E-state index in [1.165, 1.54) is 28.7 Å². The molecule has 0 unspecified atom stereocenters. The number of benzene rings is 2. The molecule has 9 heteroatoms. The number of carbonyl (C=O) groups is 2. The number of hydrogen-bond donors (Lipinski definition) is 2. The van der Waals surface area contributed by atoms with Crippen molar-refractivity contribution in [2.24, 2.45) is 0 Å². The molecule has 1 aliphatic heterocycles. The van der Waals surface area contributed by atoms with Crippen molar-refractivity contribution in [3.63, 3.8) is 0 Å². The van der Waals surface area contributed by atoms with Crippen LogP contribution >= 0.6 is 23.1 Å². The molecule has 3 aromatic rings. The summed E-state index contributed by atoms with van der Waals surface area (Å²) in [6, 6.07) is 13.4. The normalized spacial score (nSPS) is 13.1. The second-order valence-corrected chi connectivity index (χ2v) is 8.95. The van der Waals surface area contributed by atoms with Gasteiger partial charge in [0, 0.05) is 10.6 Å². The number of amides is 3. The van der Waals surface area contributed by atoms with Gasteiger partial charge in [-0.15, -0.1) is 22.0 Å². The molecule has 154 valence electrons. The number of nitrogens with one attached hydrogen (secondary N) is 2. The first-order valence-electron chi connectivity index (χ1n) is 9.55. The number of carbonyl (C=O) groups excluding carboxylic acids is 2. The highest BCUT2D eigenvalue weighted by Crippen LogP contribution is 2.38. The lowest BCUT2D eigenvalue weighted by Crippen LogP contribution is -2.34. The Balaban J connectivity index is 1.51. The van der Waals surface area contributed by atoms with Crippen LogP contribution in [0.4, 0.5) is 21.3 Å². The minimum absolute atomic E-state index is 0.0515. The summed E-state index contributed by atoms with van der Waals surface area (Å²) < 4.78 is 0. The van der Waals surface area contributed by atoms with E-state index in [1.807, 2.05) is 56.3 Å². The van der Waals surface area contributed by atoms with Crippen LogP contribution in [0.15, 0.2) is 47.4 Å². The predicted molar refractivity (Wildman–Crippen MR) is 121 cm³/mol. The van der Waals surface area contributed by atoms with Gasteiger partial charge in [0.1, 0.15) is 5.01 Å². The topological polar surface area (TPSA) is 87.2 Å². The van der Waals surface area contributed by atoms with E-state index in [4.69, 9.17) is 0 Å². The van der Waals surface area contributed by atoms with E-state index in [9.17, 15) is 9.59 Å². The second-order valence-electron chi connectivity index (χ2n) is 6.87. The molecule has 4 rings (SSSR count). The molecule has 2 N–H and O–H groups in total. The van der Waals surface area contributed by atoms with Crippen molar-refractivity contribution in [1.29, 1.82) is 0 Å². The monoisotopic (exact) mass is 439 g/mol. The summed E-state index contributed by atoms with van der Waals surface area (Å²) in [5.41, 5.74) is 3.65. The van der Waals surface area contributed by atoms with Gasteiger partial charge in [-0.05, 0) is 37.1 Å². The van der Waals surface area contributed by atoms with Crippen molar-refractivity contribution in [3.8, 4) is 0 Å². The molecule has 0 radical (unpaired) electrons. The van der Waals surface area contributed by atoms with Gasteiger partial charge in [0.25, 0.3) is 0 Å². The van der Waals surface area contributed by atoms with Gasteiger partial charge in [0.05, 0.1) is 18.0 Å². The molecule has 30 heavy (non-hydrogen) atoms. The largest absolute Gasteiger partial charge is 0.325 e. The van der Waals surface area contributed by atoms with E-state index in [2.05, 4.69) is 20.8 Å². The van der Waals surface area contributed by atoms with E-state index >= 15 is 0 Å². The van der Waals surface area contributed by atoms with Gasteiger partial charge >= 0.3 is 6.03 Å². The molecule has 1 aliphatic rings. The highest BCUT2D eigenvalue weighted by molar-refractivity contribution is 8.00. The maximum absolute atomic E-state index is 12.6. The average Bonchev–Trinajstić information content (AvgIpc) is 3.19. The minimum Gasteiger partial charge on any atom is -0.308 e. The maximum Gasteiger partial charge on any atom is 0.325 e. The number of hydrogen-bond acceptors (Lipinski definition) is 6. The van der Waals surface area contributed by atoms with E-state index in [0.29, 0.717) is 23.1 Å². The number of urea groups is 1. The molecular formula is C21H21N5O2S2. The summed E-state index contributed by atoms with van der Waals surface area (Å²) in [5, 5.41) is 14.8. The first-order chi connectivity index (χ1) is 14.5. The van der Waals surface area contributed by atoms with Crippen LogP contribution in [0, 0.1) is 6.92 Å². The van der Waals surface area contributed by atoms with Crippen LogP contribution in [0.1, 0.15) is 23.1 Å². The summed E-state index contributed by atoms with van der Waals surface area (Å²) in [5.74, 6) is 0.457. The van der Waals surface area contributed by atoms with Crippen molar-refractivity contribution in [1.82, 2.24) is 10.2 Å². The Kier molecular flexibility index (Phi) is 6.01. The van der Waals surface area contributed by atoms with Gasteiger partial charge in [-0.3, -0.25) is 10.1 Å². The molecule has 0 bridgehead atoms. The Morgan fingerprint density at radius 3 is 2.67 bits per heavy atom. The van der Waals surface area contributed by atoms with Crippen LogP contribution in [0.3, 0.4) is 0 Å². The molecule has 0 aliphatic carbocycles. The first kappa shape index (κ1) is 20.4. The Hall–Kier alpha value is -2.91. The molecule has 7 nitrogen and oxygen atoms in total. The lowest BCUT2D eigenvalue weighted by Gasteiger charge is -2.29. The van der Waals surface area contributed by atoms with Crippen LogP contribution in [0.5, 0.6) is 0 Å². The van der Waals surface area contributed by atoms with Gasteiger partial charge in [0.15, 0.2) is 0 Å². The fourth-order valence-corrected chi connectivity index (χ4v) is 4.63. The van der Waals surface area contributed by atoms with Crippen LogP contribution in [0.25, 0.3) is 0 Å². The van der Waals surface area contributed by atoms with Crippen molar-refractivity contribution < 1.29 is 9.59 Å². The standard InChI is InChI=1S/C21H21N5O2S2/c1-3-18-24-25-21(30-18)23-20(28)22-15-8-9-17-16(10-15)26(19(27)12-29-17)11-14-6-4-13(2)5-7-14/h4-10H,3,11-12H2,1-2H3,(H2,22,23,25,28). The van der Waals surface area contributed by atoms with E-state index in [-0.39, 0.29) is 5.91 Å². The Morgan fingerprint density at radius 2 is 1.93 bits per heavy atom. The summed E-state index contributed by atoms with van der Waals surface area (Å²) >= 11 is 2.86. The molecule has 0 fully saturated rings. The lowest BCUT2D eigenvalue weighted by atomic mass is 10.1. The summed E-state index contributed by atoms with van der Waals surface area (Å²) in [4.78, 5) is 27.8. The molecule has 1 aromatic heterocycles. The minimum atomic E-state index is -0.395. The Bertz CT molecular complexity index is 1080. The number of aromatic nitrogens is 2. The van der Waals surface area contributed by atoms with Gasteiger partial charge < -0.3 is 10.2 Å². The highest BCUT2D eigenvalue weighted by atomic mass is 32.2. The molecule has 0 saturated carbocycles. The van der Waals surface area contributed by atoms with Gasteiger partial charge in [-0.1, -0.05) is 48.1 Å². The smallest absolute Gasteiger partial charge is 0.308 e. The first-order valence-corrected chi connectivity index (χ1v) is 11.3. The molecule has 2 aromatic carbocycles. The van der Waals surface area contributed by atoms with Crippen molar-refractivity contribution in [2.45, 2.75) is 31.7 Å². The average molecular weight is 440 g/mol. The fraction of sp³-hybridized carbons (Fsp3) is 0.238. The fourth-order valence-electron chi connectivity index (χ4n) is 3.04. The van der Waals surface area contributed by atoms with E-state index in [1.54, 1.807) is 4.90 Å². The third-order valence-electron chi connectivity index (χ3n) is 4.61. The molecular weight excluding hydrogens is 418 g/mol. The van der Waals surface area contributed by atoms with Crippen molar-refractivity contribution in [3.05, 3.63) is 58.6 Å². The predicted octanol–water partition coefficient (Wildman–Crippen LogP) is 4.69. The molecule has 0 spiro atoms. The zero-order valence-electron chi connectivity index (χ0n) is 16.6. The van der Waals surface area contributed by atoms with Gasteiger partial charge in [-0.25, -0.2) is 4.79 Å². The summed E-state index contributed by atoms with van der Waals surface area (Å²) in [6.45, 7) is 4.52. The van der Waals surface area contributed by atoms with Gasteiger partial charge in [0.2, 0.25) is 11.0 Å². The van der Waals surface area contributed by atoms with Gasteiger partial charge in [-0.2, -0.15) is 0 Å². The molecule has 0 atom stereocenters. The Labute approximate surface area is 182 Å². The number of fused-ring (bicyclic) bond motifs is 1. The van der Waals surface area contributed by atoms with Crippen LogP contribution in [0.2, 0.25) is 0 Å². The number of aryl methyl sites for hydroxylation is 2. The lowest BCUT2D eigenvalue weighted by molar-refractivity contribution is -0.116. The van der Waals surface area contributed by atoms with E-state index in [0.717, 1.165) is 27.6 Å². The molecule has 0 saturated heterocycles. The second kappa shape index (κ2) is 8.85. The number of rotatable bonds is 5. The number of anilines is 3. The van der Waals surface area contributed by atoms with E-state index < -0.39 is 6.03 Å². The van der Waals surface area contributed by atoms with Crippen molar-refractivity contribution >= 4 is 51.5 Å². The zero-order chi connectivity index (χ0) is 21.1. The summed E-state index contributed by atoms with van der Waals surface area (Å²) in [7, 11) is 0. The quantitative estimate of drug-likeness (QED) is 0.602. The van der Waals surface area contributed by atoms with Crippen LogP contribution in [-0.4, -0.2) is 27.9 Å². The maximum atomic E-state index is 12.6. The molecule has 2 heterocycles. The number of thioether (sulfide) groups is 1. The Morgan fingerprint density at radius 1 is 1.13 bits per heavy atom. The third kappa shape index (κ3) is 4.63. The SMILES string of the molecule is CCc1nnc(NC(=O)Nc2ccc3c(c2)N(Cc2ccc(C)cc2)C(=O)CS3)s1. The zero-order valence-corrected chi connectivity index (χ0v) is 18.3. The third-order valence-corrected chi connectivity index (χ3v) is 6.64. The number of nitrogens with zero attached hydrogens (tertiary/aromatic N) is 3. The highest BCUT2D eigenvalue weighted by Gasteiger charge is 2.25. The molecule has 3 amide bonds.